The van der Waals surface area contributed by atoms with Gasteiger partial charge in [-0.25, -0.2) is 4.39 Å². The molecule has 0 heterocycles. The van der Waals surface area contributed by atoms with Crippen molar-refractivity contribution in [2.24, 2.45) is 0 Å². The molecule has 0 saturated carbocycles. The summed E-state index contributed by atoms with van der Waals surface area (Å²) < 4.78 is 18.7. The van der Waals surface area contributed by atoms with E-state index in [0.29, 0.717) is 23.4 Å². The molecule has 0 aliphatic carbocycles. The van der Waals surface area contributed by atoms with Gasteiger partial charge >= 0.3 is 0 Å². The molecule has 0 radical (unpaired) electrons. The minimum Gasteiger partial charge on any atom is -0.495 e. The van der Waals surface area contributed by atoms with Crippen molar-refractivity contribution in [3.05, 3.63) is 59.4 Å². The molecule has 0 amide bonds. The van der Waals surface area contributed by atoms with E-state index >= 15 is 0 Å². The van der Waals surface area contributed by atoms with Crippen LogP contribution in [0.1, 0.15) is 11.1 Å². The van der Waals surface area contributed by atoms with E-state index in [1.54, 1.807) is 25.3 Å². The lowest BCUT2D eigenvalue weighted by Crippen LogP contribution is -2.00. The lowest BCUT2D eigenvalue weighted by atomic mass is 10.0. The van der Waals surface area contributed by atoms with Gasteiger partial charge in [0.2, 0.25) is 0 Å². The Hall–Kier alpha value is -2.03. The van der Waals surface area contributed by atoms with E-state index in [0.717, 1.165) is 5.56 Å². The van der Waals surface area contributed by atoms with Crippen LogP contribution >= 0.6 is 0 Å². The van der Waals surface area contributed by atoms with Crippen LogP contribution in [0.3, 0.4) is 0 Å². The topological polar surface area (TPSA) is 35.2 Å². The second-order valence-electron chi connectivity index (χ2n) is 3.80. The maximum absolute atomic E-state index is 13.5. The lowest BCUT2D eigenvalue weighted by Gasteiger charge is -2.10. The van der Waals surface area contributed by atoms with Crippen molar-refractivity contribution in [1.29, 1.82) is 0 Å². The Morgan fingerprint density at radius 1 is 1.06 bits per heavy atom. The number of para-hydroxylation sites is 1. The van der Waals surface area contributed by atoms with Crippen LogP contribution in [0, 0.1) is 5.82 Å². The normalized spacial score (nSPS) is 10.2. The molecule has 0 aliphatic rings. The largest absolute Gasteiger partial charge is 0.495 e. The molecule has 0 fully saturated rings. The molecule has 0 bridgehead atoms. The van der Waals surface area contributed by atoms with Crippen molar-refractivity contribution in [2.45, 2.75) is 6.42 Å². The third kappa shape index (κ3) is 2.38. The van der Waals surface area contributed by atoms with Crippen LogP contribution in [-0.4, -0.2) is 7.11 Å². The summed E-state index contributed by atoms with van der Waals surface area (Å²) in [6.45, 7) is 0. The van der Waals surface area contributed by atoms with E-state index in [4.69, 9.17) is 10.5 Å². The average molecular weight is 231 g/mol. The number of anilines is 1. The van der Waals surface area contributed by atoms with Gasteiger partial charge in [0, 0.05) is 6.42 Å². The van der Waals surface area contributed by atoms with Gasteiger partial charge in [0.1, 0.15) is 11.6 Å². The van der Waals surface area contributed by atoms with E-state index in [-0.39, 0.29) is 5.82 Å². The Morgan fingerprint density at radius 3 is 2.47 bits per heavy atom. The summed E-state index contributed by atoms with van der Waals surface area (Å²) in [6, 6.07) is 12.2. The van der Waals surface area contributed by atoms with E-state index in [1.165, 1.54) is 6.07 Å². The molecule has 2 nitrogen and oxygen atoms in total. The molecule has 0 unspecified atom stereocenters. The van der Waals surface area contributed by atoms with Crippen molar-refractivity contribution in [2.75, 3.05) is 12.8 Å². The first-order valence-corrected chi connectivity index (χ1v) is 5.37. The zero-order valence-corrected chi connectivity index (χ0v) is 9.61. The SMILES string of the molecule is COc1cccc(Cc2ccccc2F)c1N. The average Bonchev–Trinajstić information content (AvgIpc) is 2.34. The molecule has 0 atom stereocenters. The molecule has 88 valence electrons. The van der Waals surface area contributed by atoms with Gasteiger partial charge in [0.25, 0.3) is 0 Å². The minimum atomic E-state index is -0.213. The molecule has 0 spiro atoms. The Kier molecular flexibility index (Phi) is 3.28. The predicted octanol–water partition coefficient (Wildman–Crippen LogP) is 3.01. The zero-order valence-electron chi connectivity index (χ0n) is 9.61. The van der Waals surface area contributed by atoms with Gasteiger partial charge in [-0.15, -0.1) is 0 Å². The quantitative estimate of drug-likeness (QED) is 0.824. The number of hydrogen-bond donors (Lipinski definition) is 1. The zero-order chi connectivity index (χ0) is 12.3. The second kappa shape index (κ2) is 4.87. The number of hydrogen-bond acceptors (Lipinski definition) is 2. The van der Waals surface area contributed by atoms with Crippen LogP contribution in [0.2, 0.25) is 0 Å². The third-order valence-electron chi connectivity index (χ3n) is 2.72. The molecule has 3 heteroatoms. The number of halogens is 1. The Labute approximate surface area is 99.8 Å². The predicted molar refractivity (Wildman–Crippen MR) is 66.6 cm³/mol. The van der Waals surface area contributed by atoms with Gasteiger partial charge in [0.15, 0.2) is 0 Å². The van der Waals surface area contributed by atoms with Crippen molar-refractivity contribution in [3.8, 4) is 5.75 Å². The number of ether oxygens (including phenoxy) is 1. The van der Waals surface area contributed by atoms with Crippen molar-refractivity contribution in [3.63, 3.8) is 0 Å². The summed E-state index contributed by atoms with van der Waals surface area (Å²) in [4.78, 5) is 0. The summed E-state index contributed by atoms with van der Waals surface area (Å²) in [7, 11) is 1.57. The van der Waals surface area contributed by atoms with Crippen LogP contribution in [-0.2, 0) is 6.42 Å². The van der Waals surface area contributed by atoms with E-state index in [1.807, 2.05) is 18.2 Å². The molecular formula is C14H14FNO. The fourth-order valence-electron chi connectivity index (χ4n) is 1.77. The summed E-state index contributed by atoms with van der Waals surface area (Å²) >= 11 is 0. The monoisotopic (exact) mass is 231 g/mol. The van der Waals surface area contributed by atoms with Gasteiger partial charge in [-0.05, 0) is 23.3 Å². The molecule has 2 N–H and O–H groups in total. The minimum absolute atomic E-state index is 0.213. The van der Waals surface area contributed by atoms with E-state index in [2.05, 4.69) is 0 Å². The number of nitrogen functional groups attached to an aromatic ring is 1. The highest BCUT2D eigenvalue weighted by Gasteiger charge is 2.08. The van der Waals surface area contributed by atoms with Gasteiger partial charge < -0.3 is 10.5 Å². The number of nitrogens with two attached hydrogens (primary N) is 1. The summed E-state index contributed by atoms with van der Waals surface area (Å²) in [5.74, 6) is 0.411. The number of rotatable bonds is 3. The molecule has 0 aromatic heterocycles. The maximum Gasteiger partial charge on any atom is 0.142 e. The first kappa shape index (κ1) is 11.5. The molecule has 0 saturated heterocycles. The fraction of sp³-hybridized carbons (Fsp3) is 0.143. The van der Waals surface area contributed by atoms with Crippen LogP contribution < -0.4 is 10.5 Å². The smallest absolute Gasteiger partial charge is 0.142 e. The van der Waals surface area contributed by atoms with Crippen LogP contribution in [0.25, 0.3) is 0 Å². The number of benzene rings is 2. The van der Waals surface area contributed by atoms with Crippen molar-refractivity contribution in [1.82, 2.24) is 0 Å². The lowest BCUT2D eigenvalue weighted by molar-refractivity contribution is 0.416. The van der Waals surface area contributed by atoms with E-state index < -0.39 is 0 Å². The summed E-state index contributed by atoms with van der Waals surface area (Å²) in [5, 5.41) is 0. The highest BCUT2D eigenvalue weighted by molar-refractivity contribution is 5.59. The van der Waals surface area contributed by atoms with Gasteiger partial charge in [-0.3, -0.25) is 0 Å². The van der Waals surface area contributed by atoms with Crippen LogP contribution in [0.5, 0.6) is 5.75 Å². The van der Waals surface area contributed by atoms with Gasteiger partial charge in [0.05, 0.1) is 12.8 Å². The second-order valence-corrected chi connectivity index (χ2v) is 3.80. The van der Waals surface area contributed by atoms with Gasteiger partial charge in [-0.2, -0.15) is 0 Å². The standard InChI is InChI=1S/C14H14FNO/c1-17-13-8-4-6-11(14(13)16)9-10-5-2-3-7-12(10)15/h2-8H,9,16H2,1H3. The maximum atomic E-state index is 13.5. The summed E-state index contributed by atoms with van der Waals surface area (Å²) in [6.07, 6.45) is 0.468. The first-order valence-electron chi connectivity index (χ1n) is 5.37. The highest BCUT2D eigenvalue weighted by Crippen LogP contribution is 2.27. The number of methoxy groups -OCH3 is 1. The molecule has 2 aromatic rings. The van der Waals surface area contributed by atoms with Crippen LogP contribution in [0.15, 0.2) is 42.5 Å². The Morgan fingerprint density at radius 2 is 1.76 bits per heavy atom. The van der Waals surface area contributed by atoms with Crippen molar-refractivity contribution < 1.29 is 9.13 Å². The molecular weight excluding hydrogens is 217 g/mol. The third-order valence-corrected chi connectivity index (χ3v) is 2.72. The molecule has 2 rings (SSSR count). The van der Waals surface area contributed by atoms with Crippen LogP contribution in [0.4, 0.5) is 10.1 Å². The molecule has 2 aromatic carbocycles. The van der Waals surface area contributed by atoms with Gasteiger partial charge in [-0.1, -0.05) is 30.3 Å². The fourth-order valence-corrected chi connectivity index (χ4v) is 1.77. The van der Waals surface area contributed by atoms with E-state index in [9.17, 15) is 4.39 Å². The molecule has 17 heavy (non-hydrogen) atoms. The first-order chi connectivity index (χ1) is 8.22. The summed E-state index contributed by atoms with van der Waals surface area (Å²) in [5.41, 5.74) is 8.01. The Bertz CT molecular complexity index is 525. The molecule has 0 aliphatic heterocycles. The Balaban J connectivity index is 2.34. The highest BCUT2D eigenvalue weighted by atomic mass is 19.1. The van der Waals surface area contributed by atoms with Crippen molar-refractivity contribution >= 4 is 5.69 Å².